The molecule has 0 heterocycles. The van der Waals surface area contributed by atoms with Gasteiger partial charge in [-0.3, -0.25) is 5.73 Å². The number of carboxylic acid groups (broad SMARTS) is 1. The van der Waals surface area contributed by atoms with Gasteiger partial charge in [0.05, 0.1) is 6.54 Å². The zero-order valence-corrected chi connectivity index (χ0v) is 9.56. The van der Waals surface area contributed by atoms with Crippen LogP contribution < -0.4 is 16.4 Å². The van der Waals surface area contributed by atoms with Crippen LogP contribution in [-0.2, 0) is 14.3 Å². The summed E-state index contributed by atoms with van der Waals surface area (Å²) < 4.78 is 4.28. The Kier molecular flexibility index (Phi) is 7.44. The minimum atomic E-state index is -1.73. The van der Waals surface area contributed by atoms with E-state index in [0.717, 1.165) is 12.8 Å². The Bertz CT molecular complexity index is 282. The Labute approximate surface area is 98.5 Å². The quantitative estimate of drug-likeness (QED) is 0.206. The van der Waals surface area contributed by atoms with Gasteiger partial charge < -0.3 is 20.5 Å². The van der Waals surface area contributed by atoms with Crippen LogP contribution in [0.25, 0.3) is 0 Å². The third-order valence-electron chi connectivity index (χ3n) is 1.71. The number of hydrogen-bond donors (Lipinski definition) is 4. The first-order valence-corrected chi connectivity index (χ1v) is 5.18. The predicted octanol–water partition coefficient (Wildman–Crippen LogP) is -1.00. The molecule has 8 nitrogen and oxygen atoms in total. The smallest absolute Gasteiger partial charge is 0.418 e. The third kappa shape index (κ3) is 8.03. The number of amides is 2. The summed E-state index contributed by atoms with van der Waals surface area (Å²) in [5, 5.41) is 13.1. The Morgan fingerprint density at radius 2 is 2.00 bits per heavy atom. The van der Waals surface area contributed by atoms with Gasteiger partial charge in [0.1, 0.15) is 0 Å². The molecule has 0 radical (unpaired) electrons. The molecule has 0 rings (SSSR count). The van der Waals surface area contributed by atoms with Crippen LogP contribution in [0.1, 0.15) is 19.8 Å². The lowest BCUT2D eigenvalue weighted by molar-refractivity contribution is -0.167. The van der Waals surface area contributed by atoms with Crippen LogP contribution in [0.2, 0.25) is 0 Å². The van der Waals surface area contributed by atoms with Gasteiger partial charge in [0.25, 0.3) is 0 Å². The molecule has 0 aromatic heterocycles. The van der Waals surface area contributed by atoms with Gasteiger partial charge >= 0.3 is 18.0 Å². The number of esters is 1. The van der Waals surface area contributed by atoms with Crippen LogP contribution in [0.15, 0.2) is 0 Å². The van der Waals surface area contributed by atoms with E-state index < -0.39 is 24.2 Å². The maximum atomic E-state index is 11.1. The summed E-state index contributed by atoms with van der Waals surface area (Å²) in [6.45, 7) is 2.37. The van der Waals surface area contributed by atoms with Gasteiger partial charge in [0, 0.05) is 6.54 Å². The number of unbranched alkanes of at least 4 members (excludes halogenated alkanes) is 1. The van der Waals surface area contributed by atoms with Crippen molar-refractivity contribution < 1.29 is 24.2 Å². The molecule has 1 atom stereocenters. The van der Waals surface area contributed by atoms with Crippen molar-refractivity contribution in [3.63, 3.8) is 0 Å². The molecule has 2 amide bonds. The van der Waals surface area contributed by atoms with Crippen molar-refractivity contribution in [2.24, 2.45) is 5.73 Å². The second kappa shape index (κ2) is 8.34. The van der Waals surface area contributed by atoms with Crippen LogP contribution in [0.5, 0.6) is 0 Å². The Balaban J connectivity index is 3.69. The molecule has 1 unspecified atom stereocenters. The third-order valence-corrected chi connectivity index (χ3v) is 1.71. The maximum Gasteiger partial charge on any atom is 0.418 e. The molecule has 0 aliphatic heterocycles. The van der Waals surface area contributed by atoms with Crippen molar-refractivity contribution in [1.82, 2.24) is 10.6 Å². The highest BCUT2D eigenvalue weighted by Crippen LogP contribution is 1.85. The van der Waals surface area contributed by atoms with Crippen molar-refractivity contribution >= 4 is 18.0 Å². The summed E-state index contributed by atoms with van der Waals surface area (Å²) in [6.07, 6.45) is 0.624. The van der Waals surface area contributed by atoms with E-state index >= 15 is 0 Å². The predicted molar refractivity (Wildman–Crippen MR) is 58.0 cm³/mol. The molecule has 17 heavy (non-hydrogen) atoms. The summed E-state index contributed by atoms with van der Waals surface area (Å²) >= 11 is 0. The first-order chi connectivity index (χ1) is 7.97. The number of carboxylic acids is 1. The van der Waals surface area contributed by atoms with E-state index in [0.29, 0.717) is 6.54 Å². The monoisotopic (exact) mass is 247 g/mol. The Morgan fingerprint density at radius 3 is 2.53 bits per heavy atom. The summed E-state index contributed by atoms with van der Waals surface area (Å²) in [7, 11) is 0. The number of carbonyl (C=O) groups excluding carboxylic acids is 2. The fourth-order valence-electron chi connectivity index (χ4n) is 0.864. The van der Waals surface area contributed by atoms with Gasteiger partial charge in [0.15, 0.2) is 6.23 Å². The van der Waals surface area contributed by atoms with Gasteiger partial charge in [-0.1, -0.05) is 13.3 Å². The number of aliphatic carboxylic acids is 1. The minimum absolute atomic E-state index is 0.156. The number of rotatable bonds is 6. The molecule has 0 aliphatic carbocycles. The highest BCUT2D eigenvalue weighted by atomic mass is 16.6. The van der Waals surface area contributed by atoms with Gasteiger partial charge in [-0.15, -0.1) is 0 Å². The Morgan fingerprint density at radius 1 is 1.35 bits per heavy atom. The molecule has 8 heteroatoms. The number of nitrogens with two attached hydrogens (primary N) is 1. The first kappa shape index (κ1) is 15.2. The Hall–Kier alpha value is -1.83. The second-order valence-corrected chi connectivity index (χ2v) is 3.24. The SMILES string of the molecule is CCCCNC(=O)NCC(N)OC(=O)C(=O)O. The van der Waals surface area contributed by atoms with Gasteiger partial charge in [-0.2, -0.15) is 0 Å². The molecule has 0 bridgehead atoms. The van der Waals surface area contributed by atoms with E-state index in [9.17, 15) is 14.4 Å². The molecule has 0 aromatic rings. The van der Waals surface area contributed by atoms with E-state index in [1.165, 1.54) is 0 Å². The summed E-state index contributed by atoms with van der Waals surface area (Å²) in [5.41, 5.74) is 5.27. The van der Waals surface area contributed by atoms with Gasteiger partial charge in [0.2, 0.25) is 0 Å². The van der Waals surface area contributed by atoms with Crippen molar-refractivity contribution in [1.29, 1.82) is 0 Å². The number of hydrogen-bond acceptors (Lipinski definition) is 5. The van der Waals surface area contributed by atoms with Crippen molar-refractivity contribution in [3.05, 3.63) is 0 Å². The topological polar surface area (TPSA) is 131 Å². The van der Waals surface area contributed by atoms with Crippen LogP contribution in [0.3, 0.4) is 0 Å². The van der Waals surface area contributed by atoms with Crippen LogP contribution in [-0.4, -0.2) is 42.4 Å². The van der Waals surface area contributed by atoms with Gasteiger partial charge in [-0.25, -0.2) is 14.4 Å². The average Bonchev–Trinajstić information content (AvgIpc) is 2.26. The molecule has 0 aromatic carbocycles. The molecule has 0 aliphatic rings. The van der Waals surface area contributed by atoms with Crippen LogP contribution in [0, 0.1) is 0 Å². The van der Waals surface area contributed by atoms with Crippen molar-refractivity contribution in [3.8, 4) is 0 Å². The highest BCUT2D eigenvalue weighted by Gasteiger charge is 2.17. The molecule has 0 fully saturated rings. The van der Waals surface area contributed by atoms with E-state index in [4.69, 9.17) is 10.8 Å². The highest BCUT2D eigenvalue weighted by molar-refractivity contribution is 6.28. The maximum absolute atomic E-state index is 11.1. The molecule has 0 saturated carbocycles. The lowest BCUT2D eigenvalue weighted by Crippen LogP contribution is -2.45. The van der Waals surface area contributed by atoms with E-state index in [2.05, 4.69) is 15.4 Å². The molecular formula is C9H17N3O5. The lowest BCUT2D eigenvalue weighted by Gasteiger charge is -2.12. The number of nitrogens with one attached hydrogen (secondary N) is 2. The second-order valence-electron chi connectivity index (χ2n) is 3.24. The summed E-state index contributed by atoms with van der Waals surface area (Å²) in [5.74, 6) is -3.18. The van der Waals surface area contributed by atoms with Crippen LogP contribution >= 0.6 is 0 Å². The van der Waals surface area contributed by atoms with E-state index in [-0.39, 0.29) is 6.54 Å². The fourth-order valence-corrected chi connectivity index (χ4v) is 0.864. The molecular weight excluding hydrogens is 230 g/mol. The molecule has 0 saturated heterocycles. The molecule has 0 spiro atoms. The van der Waals surface area contributed by atoms with E-state index in [1.54, 1.807) is 0 Å². The average molecular weight is 247 g/mol. The normalized spacial score (nSPS) is 11.4. The standard InChI is InChI=1S/C9H17N3O5/c1-2-3-4-11-9(16)12-5-6(10)17-8(15)7(13)14/h6H,2-5,10H2,1H3,(H,13,14)(H2,11,12,16). The number of ether oxygens (including phenoxy) is 1. The van der Waals surface area contributed by atoms with Crippen molar-refractivity contribution in [2.45, 2.75) is 26.0 Å². The number of urea groups is 1. The zero-order valence-electron chi connectivity index (χ0n) is 9.56. The fraction of sp³-hybridized carbons (Fsp3) is 0.667. The molecule has 98 valence electrons. The number of carbonyl (C=O) groups is 3. The largest absolute Gasteiger partial charge is 0.473 e. The molecule has 5 N–H and O–H groups in total. The lowest BCUT2D eigenvalue weighted by atomic mass is 10.3. The van der Waals surface area contributed by atoms with Crippen LogP contribution in [0.4, 0.5) is 4.79 Å². The first-order valence-electron chi connectivity index (χ1n) is 5.18. The van der Waals surface area contributed by atoms with E-state index in [1.807, 2.05) is 6.92 Å². The summed E-state index contributed by atoms with van der Waals surface area (Å²) in [6, 6.07) is -0.444. The summed E-state index contributed by atoms with van der Waals surface area (Å²) in [4.78, 5) is 31.8. The minimum Gasteiger partial charge on any atom is -0.473 e. The van der Waals surface area contributed by atoms with Gasteiger partial charge in [-0.05, 0) is 6.42 Å². The van der Waals surface area contributed by atoms with Crippen molar-refractivity contribution in [2.75, 3.05) is 13.1 Å². The zero-order chi connectivity index (χ0) is 13.3.